The summed E-state index contributed by atoms with van der Waals surface area (Å²) in [5, 5.41) is 8.63. The number of aliphatic hydroxyl groups is 1. The molecule has 0 saturated heterocycles. The van der Waals surface area contributed by atoms with Crippen molar-refractivity contribution in [2.24, 2.45) is 0 Å². The molecule has 36 valence electrons. The highest BCUT2D eigenvalue weighted by Crippen LogP contribution is 1.97. The van der Waals surface area contributed by atoms with Crippen LogP contribution in [0.4, 0.5) is 0 Å². The molecule has 0 radical (unpaired) electrons. The van der Waals surface area contributed by atoms with E-state index < -0.39 is 0 Å². The topological polar surface area (TPSA) is 20.2 Å². The van der Waals surface area contributed by atoms with E-state index in [0.29, 0.717) is 5.76 Å². The van der Waals surface area contributed by atoms with Gasteiger partial charge < -0.3 is 5.11 Å². The third kappa shape index (κ3) is 0.951. The molecule has 0 fully saturated rings. The van der Waals surface area contributed by atoms with Crippen molar-refractivity contribution in [3.63, 3.8) is 0 Å². The number of aliphatic hydroxyl groups excluding tert-OH is 1. The molecule has 0 aromatic heterocycles. The van der Waals surface area contributed by atoms with Gasteiger partial charge in [-0.2, -0.15) is 0 Å². The van der Waals surface area contributed by atoms with Gasteiger partial charge in [0.15, 0.2) is 0 Å². The van der Waals surface area contributed by atoms with Crippen LogP contribution >= 0.6 is 0 Å². The molecule has 1 nitrogen and oxygen atoms in total. The van der Waals surface area contributed by atoms with Crippen LogP contribution in [0.25, 0.3) is 0 Å². The summed E-state index contributed by atoms with van der Waals surface area (Å²) in [6.07, 6.45) is 5.95. The molecule has 0 aliphatic heterocycles. The molecule has 7 heavy (non-hydrogen) atoms. The van der Waals surface area contributed by atoms with Gasteiger partial charge in [0.1, 0.15) is 5.76 Å². The molecule has 0 amide bonds. The fourth-order valence-electron chi connectivity index (χ4n) is 0.451. The Labute approximate surface area is 42.3 Å². The van der Waals surface area contributed by atoms with E-state index in [2.05, 4.69) is 5.73 Å². The normalized spacial score (nSPS) is 16.9. The highest BCUT2D eigenvalue weighted by Gasteiger charge is 1.83. The number of rotatable bonds is 0. The van der Waals surface area contributed by atoms with Crippen LogP contribution in [0.15, 0.2) is 29.7 Å². The average Bonchev–Trinajstić information content (AvgIpc) is 1.69. The fraction of sp³-hybridized carbons (Fsp3) is 0.167. The Morgan fingerprint density at radius 1 is 1.71 bits per heavy atom. The van der Waals surface area contributed by atoms with Crippen LogP contribution in [0.1, 0.15) is 6.42 Å². The second-order valence-electron chi connectivity index (χ2n) is 1.38. The van der Waals surface area contributed by atoms with Crippen molar-refractivity contribution >= 4 is 0 Å². The lowest BCUT2D eigenvalue weighted by atomic mass is 10.3. The lowest BCUT2D eigenvalue weighted by Gasteiger charge is -1.88. The zero-order valence-corrected chi connectivity index (χ0v) is 3.89. The molecule has 0 heterocycles. The molecule has 1 aliphatic carbocycles. The Balaban J connectivity index is 2.82. The van der Waals surface area contributed by atoms with Crippen molar-refractivity contribution in [3.8, 4) is 0 Å². The predicted molar refractivity (Wildman–Crippen MR) is 28.0 cm³/mol. The first-order valence-corrected chi connectivity index (χ1v) is 2.19. The zero-order chi connectivity index (χ0) is 5.11. The molecular formula is C6H6O. The van der Waals surface area contributed by atoms with Crippen LogP contribution in [-0.2, 0) is 0 Å². The highest BCUT2D eigenvalue weighted by atomic mass is 16.3. The molecule has 1 aliphatic rings. The molecule has 1 N–H and O–H groups in total. The maximum Gasteiger partial charge on any atom is 0.119 e. The lowest BCUT2D eigenvalue weighted by Crippen LogP contribution is -1.74. The summed E-state index contributed by atoms with van der Waals surface area (Å²) in [6.45, 7) is 0. The lowest BCUT2D eigenvalue weighted by molar-refractivity contribution is 0.430. The maximum absolute atomic E-state index is 8.63. The van der Waals surface area contributed by atoms with Crippen LogP contribution in [0.5, 0.6) is 0 Å². The third-order valence-corrected chi connectivity index (χ3v) is 0.794. The molecule has 0 spiro atoms. The Kier molecular flexibility index (Phi) is 1.01. The van der Waals surface area contributed by atoms with Gasteiger partial charge >= 0.3 is 0 Å². The SMILES string of the molecule is OC1=CCC=C=C1. The van der Waals surface area contributed by atoms with E-state index in [9.17, 15) is 0 Å². The van der Waals surface area contributed by atoms with Gasteiger partial charge in [-0.25, -0.2) is 0 Å². The molecule has 0 aromatic carbocycles. The molecule has 0 aromatic rings. The Morgan fingerprint density at radius 2 is 2.57 bits per heavy atom. The Bertz CT molecular complexity index is 148. The third-order valence-electron chi connectivity index (χ3n) is 0.794. The van der Waals surface area contributed by atoms with E-state index in [1.54, 1.807) is 12.2 Å². The van der Waals surface area contributed by atoms with E-state index in [4.69, 9.17) is 5.11 Å². The zero-order valence-electron chi connectivity index (χ0n) is 3.89. The Morgan fingerprint density at radius 3 is 2.86 bits per heavy atom. The summed E-state index contributed by atoms with van der Waals surface area (Å²) < 4.78 is 0. The van der Waals surface area contributed by atoms with E-state index in [1.807, 2.05) is 6.08 Å². The number of allylic oxidation sites excluding steroid dienone is 2. The van der Waals surface area contributed by atoms with Crippen molar-refractivity contribution in [2.75, 3.05) is 0 Å². The number of hydrogen-bond acceptors (Lipinski definition) is 1. The minimum Gasteiger partial charge on any atom is -0.508 e. The largest absolute Gasteiger partial charge is 0.508 e. The van der Waals surface area contributed by atoms with Crippen molar-refractivity contribution in [3.05, 3.63) is 29.7 Å². The average molecular weight is 94.1 g/mol. The molecule has 0 saturated carbocycles. The van der Waals surface area contributed by atoms with Gasteiger partial charge in [-0.15, -0.1) is 5.73 Å². The van der Waals surface area contributed by atoms with Crippen molar-refractivity contribution in [2.45, 2.75) is 6.42 Å². The summed E-state index contributed by atoms with van der Waals surface area (Å²) in [5.74, 6) is 0.322. The quantitative estimate of drug-likeness (QED) is 0.451. The molecule has 0 bridgehead atoms. The monoisotopic (exact) mass is 94.0 g/mol. The summed E-state index contributed by atoms with van der Waals surface area (Å²) >= 11 is 0. The second-order valence-corrected chi connectivity index (χ2v) is 1.38. The van der Waals surface area contributed by atoms with Crippen LogP contribution in [0.3, 0.4) is 0 Å². The molecule has 1 heteroatoms. The van der Waals surface area contributed by atoms with E-state index in [0.717, 1.165) is 6.42 Å². The summed E-state index contributed by atoms with van der Waals surface area (Å²) in [5.41, 5.74) is 2.77. The second kappa shape index (κ2) is 1.67. The van der Waals surface area contributed by atoms with Crippen LogP contribution in [0, 0.1) is 0 Å². The molecular weight excluding hydrogens is 88.1 g/mol. The standard InChI is InChI=1S/C6H6O/c7-6-4-2-1-3-5-6/h1,4-5,7H,2H2. The smallest absolute Gasteiger partial charge is 0.119 e. The maximum atomic E-state index is 8.63. The first kappa shape index (κ1) is 4.23. The minimum absolute atomic E-state index is 0.322. The van der Waals surface area contributed by atoms with Gasteiger partial charge in [0.05, 0.1) is 0 Å². The molecule has 0 atom stereocenters. The predicted octanol–water partition coefficient (Wildman–Crippen LogP) is 1.54. The summed E-state index contributed by atoms with van der Waals surface area (Å²) in [4.78, 5) is 0. The summed E-state index contributed by atoms with van der Waals surface area (Å²) in [7, 11) is 0. The van der Waals surface area contributed by atoms with Crippen LogP contribution in [-0.4, -0.2) is 5.11 Å². The van der Waals surface area contributed by atoms with Gasteiger partial charge in [0.2, 0.25) is 0 Å². The highest BCUT2D eigenvalue weighted by molar-refractivity contribution is 5.15. The van der Waals surface area contributed by atoms with Gasteiger partial charge in [0, 0.05) is 6.08 Å². The van der Waals surface area contributed by atoms with E-state index >= 15 is 0 Å². The summed E-state index contributed by atoms with van der Waals surface area (Å²) in [6, 6.07) is 0. The van der Waals surface area contributed by atoms with Crippen molar-refractivity contribution < 1.29 is 5.11 Å². The molecule has 0 unspecified atom stereocenters. The van der Waals surface area contributed by atoms with E-state index in [1.165, 1.54) is 0 Å². The van der Waals surface area contributed by atoms with Crippen molar-refractivity contribution in [1.29, 1.82) is 0 Å². The Hall–Kier alpha value is -0.940. The first-order valence-electron chi connectivity index (χ1n) is 2.19. The first-order chi connectivity index (χ1) is 3.39. The van der Waals surface area contributed by atoms with E-state index in [-0.39, 0.29) is 0 Å². The van der Waals surface area contributed by atoms with Crippen LogP contribution in [0.2, 0.25) is 0 Å². The van der Waals surface area contributed by atoms with Crippen LogP contribution < -0.4 is 0 Å². The minimum atomic E-state index is 0.322. The number of hydrogen-bond donors (Lipinski definition) is 1. The molecule has 1 rings (SSSR count). The fourth-order valence-corrected chi connectivity index (χ4v) is 0.451. The van der Waals surface area contributed by atoms with Gasteiger partial charge in [-0.1, -0.05) is 0 Å². The van der Waals surface area contributed by atoms with Crippen molar-refractivity contribution in [1.82, 2.24) is 0 Å². The van der Waals surface area contributed by atoms with Gasteiger partial charge in [-0.3, -0.25) is 0 Å². The van der Waals surface area contributed by atoms with Gasteiger partial charge in [0.25, 0.3) is 0 Å². The van der Waals surface area contributed by atoms with Gasteiger partial charge in [-0.05, 0) is 18.6 Å².